The maximum absolute atomic E-state index is 6.13. The first-order valence-electron chi connectivity index (χ1n) is 6.99. The fraction of sp³-hybridized carbons (Fsp3) is 0.857. The van der Waals surface area contributed by atoms with Gasteiger partial charge in [0, 0.05) is 0 Å². The Morgan fingerprint density at radius 2 is 1.42 bits per heavy atom. The first kappa shape index (κ1) is 17.0. The van der Waals surface area contributed by atoms with Crippen LogP contribution in [0.4, 0.5) is 0 Å². The van der Waals surface area contributed by atoms with Crippen molar-refractivity contribution in [1.82, 2.24) is 0 Å². The normalized spacial score (nSPS) is 23.3. The van der Waals surface area contributed by atoms with Crippen molar-refractivity contribution in [1.29, 1.82) is 0 Å². The van der Waals surface area contributed by atoms with Gasteiger partial charge in [-0.25, -0.2) is 0 Å². The molecule has 1 heterocycles. The SMILES string of the molecule is CC(C)(/C=C/B1OC(C)(C)C(C)(C)O1)O[Si](C)(C)C. The molecule has 5 heteroatoms. The van der Waals surface area contributed by atoms with Crippen LogP contribution in [0.3, 0.4) is 0 Å². The summed E-state index contributed by atoms with van der Waals surface area (Å²) in [5, 5.41) is 0. The van der Waals surface area contributed by atoms with E-state index in [1.165, 1.54) is 0 Å². The smallest absolute Gasteiger partial charge is 0.409 e. The van der Waals surface area contributed by atoms with E-state index in [4.69, 9.17) is 13.7 Å². The predicted molar refractivity (Wildman–Crippen MR) is 83.7 cm³/mol. The molecule has 0 atom stereocenters. The molecule has 1 aliphatic heterocycles. The van der Waals surface area contributed by atoms with E-state index >= 15 is 0 Å². The molecule has 0 spiro atoms. The Kier molecular flexibility index (Phi) is 4.48. The molecular formula is C14H29BO3Si. The molecule has 0 radical (unpaired) electrons. The molecule has 0 aliphatic carbocycles. The van der Waals surface area contributed by atoms with Gasteiger partial charge >= 0.3 is 7.12 Å². The predicted octanol–water partition coefficient (Wildman–Crippen LogP) is 3.80. The Morgan fingerprint density at radius 1 is 1.00 bits per heavy atom. The van der Waals surface area contributed by atoms with Gasteiger partial charge in [-0.1, -0.05) is 12.1 Å². The topological polar surface area (TPSA) is 27.7 Å². The highest BCUT2D eigenvalue weighted by Gasteiger charge is 2.50. The molecule has 0 unspecified atom stereocenters. The van der Waals surface area contributed by atoms with Gasteiger partial charge in [0.2, 0.25) is 0 Å². The molecule has 0 aromatic rings. The van der Waals surface area contributed by atoms with Crippen molar-refractivity contribution in [3.05, 3.63) is 12.1 Å². The minimum Gasteiger partial charge on any atom is -0.409 e. The van der Waals surface area contributed by atoms with Crippen LogP contribution in [-0.4, -0.2) is 32.2 Å². The van der Waals surface area contributed by atoms with Gasteiger partial charge in [-0.2, -0.15) is 0 Å². The molecule has 0 amide bonds. The molecule has 0 saturated carbocycles. The lowest BCUT2D eigenvalue weighted by Gasteiger charge is -2.32. The zero-order valence-corrected chi connectivity index (χ0v) is 15.0. The maximum Gasteiger partial charge on any atom is 0.486 e. The van der Waals surface area contributed by atoms with Crippen molar-refractivity contribution in [2.75, 3.05) is 0 Å². The van der Waals surface area contributed by atoms with Crippen LogP contribution in [-0.2, 0) is 13.7 Å². The first-order chi connectivity index (χ1) is 8.24. The van der Waals surface area contributed by atoms with Gasteiger partial charge in [-0.3, -0.25) is 0 Å². The van der Waals surface area contributed by atoms with Crippen molar-refractivity contribution < 1.29 is 13.7 Å². The minimum absolute atomic E-state index is 0.284. The standard InChI is InChI=1S/C14H29BO3Si/c1-12(2,18-19(7,8)9)10-11-15-16-13(3,4)14(5,6)17-15/h10-11H,1-9H3/b11-10+. The van der Waals surface area contributed by atoms with Gasteiger partial charge in [-0.05, 0) is 61.2 Å². The van der Waals surface area contributed by atoms with Crippen LogP contribution >= 0.6 is 0 Å². The lowest BCUT2D eigenvalue weighted by Crippen LogP contribution is -2.41. The van der Waals surface area contributed by atoms with Crippen molar-refractivity contribution in [2.45, 2.75) is 78.0 Å². The third-order valence-corrected chi connectivity index (χ3v) is 4.63. The molecule has 1 aliphatic rings. The highest BCUT2D eigenvalue weighted by Crippen LogP contribution is 2.37. The Labute approximate surface area is 120 Å². The van der Waals surface area contributed by atoms with Crippen LogP contribution in [0.2, 0.25) is 19.6 Å². The minimum atomic E-state index is -1.56. The van der Waals surface area contributed by atoms with Crippen molar-refractivity contribution in [3.8, 4) is 0 Å². The van der Waals surface area contributed by atoms with Gasteiger partial charge in [0.05, 0.1) is 16.8 Å². The van der Waals surface area contributed by atoms with E-state index in [0.29, 0.717) is 0 Å². The molecule has 1 rings (SSSR count). The molecular weight excluding hydrogens is 255 g/mol. The lowest BCUT2D eigenvalue weighted by molar-refractivity contribution is 0.00578. The summed E-state index contributed by atoms with van der Waals surface area (Å²) >= 11 is 0. The third-order valence-electron chi connectivity index (χ3n) is 3.50. The molecule has 110 valence electrons. The highest BCUT2D eigenvalue weighted by molar-refractivity contribution is 6.69. The summed E-state index contributed by atoms with van der Waals surface area (Å²) in [5.74, 6) is 1.97. The van der Waals surface area contributed by atoms with E-state index in [1.807, 2.05) is 12.1 Å². The van der Waals surface area contributed by atoms with Gasteiger partial charge < -0.3 is 13.7 Å². The summed E-state index contributed by atoms with van der Waals surface area (Å²) in [4.78, 5) is 0. The Morgan fingerprint density at radius 3 is 1.79 bits per heavy atom. The van der Waals surface area contributed by atoms with Crippen LogP contribution < -0.4 is 0 Å². The van der Waals surface area contributed by atoms with Crippen molar-refractivity contribution >= 4 is 15.4 Å². The van der Waals surface area contributed by atoms with Crippen LogP contribution in [0.25, 0.3) is 0 Å². The van der Waals surface area contributed by atoms with E-state index in [-0.39, 0.29) is 23.9 Å². The van der Waals surface area contributed by atoms with Gasteiger partial charge in [-0.15, -0.1) is 0 Å². The summed E-state index contributed by atoms with van der Waals surface area (Å²) in [5.41, 5.74) is -0.856. The van der Waals surface area contributed by atoms with Crippen molar-refractivity contribution in [2.24, 2.45) is 0 Å². The zero-order valence-electron chi connectivity index (χ0n) is 14.0. The van der Waals surface area contributed by atoms with Gasteiger partial charge in [0.25, 0.3) is 0 Å². The average molecular weight is 284 g/mol. The molecule has 0 aromatic heterocycles. The number of hydrogen-bond donors (Lipinski definition) is 0. The van der Waals surface area contributed by atoms with Crippen LogP contribution in [0.1, 0.15) is 41.5 Å². The molecule has 19 heavy (non-hydrogen) atoms. The second kappa shape index (κ2) is 5.02. The van der Waals surface area contributed by atoms with E-state index in [2.05, 4.69) is 61.2 Å². The molecule has 3 nitrogen and oxygen atoms in total. The average Bonchev–Trinajstić information content (AvgIpc) is 2.28. The van der Waals surface area contributed by atoms with Crippen LogP contribution in [0, 0.1) is 0 Å². The summed E-state index contributed by atoms with van der Waals surface area (Å²) in [7, 11) is -1.86. The number of rotatable bonds is 4. The van der Waals surface area contributed by atoms with Gasteiger partial charge in [0.1, 0.15) is 0 Å². The summed E-state index contributed by atoms with van der Waals surface area (Å²) in [6, 6.07) is 0. The second-order valence-electron chi connectivity index (χ2n) is 7.80. The van der Waals surface area contributed by atoms with E-state index in [1.54, 1.807) is 0 Å². The number of hydrogen-bond acceptors (Lipinski definition) is 3. The Balaban J connectivity index is 2.69. The maximum atomic E-state index is 6.13. The quantitative estimate of drug-likeness (QED) is 0.735. The first-order valence-corrected chi connectivity index (χ1v) is 10.4. The Bertz CT molecular complexity index is 340. The van der Waals surface area contributed by atoms with E-state index < -0.39 is 8.32 Å². The monoisotopic (exact) mass is 284 g/mol. The third kappa shape index (κ3) is 4.74. The Hall–Kier alpha value is -0.0982. The zero-order chi connectivity index (χ0) is 15.1. The molecule has 1 saturated heterocycles. The summed E-state index contributed by atoms with van der Waals surface area (Å²) in [6.45, 7) is 19.0. The van der Waals surface area contributed by atoms with E-state index in [0.717, 1.165) is 0 Å². The highest BCUT2D eigenvalue weighted by atomic mass is 28.4. The lowest BCUT2D eigenvalue weighted by atomic mass is 9.88. The van der Waals surface area contributed by atoms with Crippen LogP contribution in [0.5, 0.6) is 0 Å². The molecule has 0 aromatic carbocycles. The second-order valence-corrected chi connectivity index (χ2v) is 12.2. The molecule has 0 N–H and O–H groups in total. The van der Waals surface area contributed by atoms with Gasteiger partial charge in [0.15, 0.2) is 8.32 Å². The fourth-order valence-electron chi connectivity index (χ4n) is 2.10. The summed E-state index contributed by atoms with van der Waals surface area (Å²) < 4.78 is 18.0. The fourth-order valence-corrected chi connectivity index (χ4v) is 3.75. The molecule has 1 fully saturated rings. The molecule has 0 bridgehead atoms. The largest absolute Gasteiger partial charge is 0.486 e. The van der Waals surface area contributed by atoms with Crippen molar-refractivity contribution in [3.63, 3.8) is 0 Å². The summed E-state index contributed by atoms with van der Waals surface area (Å²) in [6.07, 6.45) is 2.05. The van der Waals surface area contributed by atoms with Crippen LogP contribution in [0.15, 0.2) is 12.1 Å². The van der Waals surface area contributed by atoms with E-state index in [9.17, 15) is 0 Å².